The molecule has 0 aromatic rings. The molecule has 0 aromatic carbocycles. The maximum absolute atomic E-state index is 11.1. The van der Waals surface area contributed by atoms with E-state index >= 15 is 0 Å². The Morgan fingerprint density at radius 3 is 2.27 bits per heavy atom. The number of unbranched alkanes of at least 4 members (excludes halogenated alkanes) is 1. The van der Waals surface area contributed by atoms with Crippen molar-refractivity contribution in [1.82, 2.24) is 0 Å². The van der Waals surface area contributed by atoms with Gasteiger partial charge in [-0.1, -0.05) is 27.2 Å². The molecule has 0 aliphatic heterocycles. The standard InChI is InChI=1S/C8H17O2.Li/c1-4-6-7-10-8(3,9)5-2;/h4-7H2,1-3H3;/q-1;+1. The first-order chi connectivity index (χ1) is 4.62. The van der Waals surface area contributed by atoms with E-state index in [1.165, 1.54) is 0 Å². The summed E-state index contributed by atoms with van der Waals surface area (Å²) >= 11 is 0. The van der Waals surface area contributed by atoms with Gasteiger partial charge in [-0.25, -0.2) is 0 Å². The van der Waals surface area contributed by atoms with Gasteiger partial charge in [0.05, 0.1) is 0 Å². The summed E-state index contributed by atoms with van der Waals surface area (Å²) in [5.74, 6) is -1.16. The number of ether oxygens (including phenoxy) is 1. The first-order valence-corrected chi connectivity index (χ1v) is 3.96. The number of hydrogen-bond acceptors (Lipinski definition) is 2. The van der Waals surface area contributed by atoms with Crippen molar-refractivity contribution < 1.29 is 28.7 Å². The van der Waals surface area contributed by atoms with Gasteiger partial charge in [0.25, 0.3) is 0 Å². The predicted molar refractivity (Wildman–Crippen MR) is 39.6 cm³/mol. The normalized spacial score (nSPS) is 15.3. The Hall–Kier alpha value is 0.517. The van der Waals surface area contributed by atoms with Gasteiger partial charge in [-0.2, -0.15) is 0 Å². The molecule has 3 heteroatoms. The van der Waals surface area contributed by atoms with Crippen LogP contribution in [0.3, 0.4) is 0 Å². The molecule has 0 heterocycles. The fourth-order valence-corrected chi connectivity index (χ4v) is 0.534. The molecule has 0 amide bonds. The molecule has 1 atom stereocenters. The molecule has 2 nitrogen and oxygen atoms in total. The zero-order chi connectivity index (χ0) is 8.04. The van der Waals surface area contributed by atoms with Crippen LogP contribution in [-0.4, -0.2) is 12.4 Å². The molecule has 0 aromatic heterocycles. The third-order valence-corrected chi connectivity index (χ3v) is 1.55. The summed E-state index contributed by atoms with van der Waals surface area (Å²) in [6.07, 6.45) is 2.61. The van der Waals surface area contributed by atoms with Crippen LogP contribution in [0.4, 0.5) is 0 Å². The van der Waals surface area contributed by atoms with Crippen LogP contribution in [0, 0.1) is 0 Å². The maximum atomic E-state index is 11.1. The van der Waals surface area contributed by atoms with E-state index in [0.29, 0.717) is 13.0 Å². The van der Waals surface area contributed by atoms with E-state index in [2.05, 4.69) is 6.92 Å². The van der Waals surface area contributed by atoms with Gasteiger partial charge in [0.15, 0.2) is 0 Å². The van der Waals surface area contributed by atoms with Crippen molar-refractivity contribution in [2.24, 2.45) is 0 Å². The molecule has 1 unspecified atom stereocenters. The molecule has 0 aliphatic carbocycles. The third-order valence-electron chi connectivity index (χ3n) is 1.55. The molecular weight excluding hydrogens is 135 g/mol. The van der Waals surface area contributed by atoms with Crippen molar-refractivity contribution in [3.63, 3.8) is 0 Å². The van der Waals surface area contributed by atoms with Gasteiger partial charge in [0.1, 0.15) is 0 Å². The monoisotopic (exact) mass is 152 g/mol. The van der Waals surface area contributed by atoms with E-state index in [9.17, 15) is 5.11 Å². The number of rotatable bonds is 5. The second-order valence-corrected chi connectivity index (χ2v) is 2.69. The van der Waals surface area contributed by atoms with E-state index < -0.39 is 5.79 Å². The third kappa shape index (κ3) is 8.42. The summed E-state index contributed by atoms with van der Waals surface area (Å²) in [6.45, 7) is 6.11. The van der Waals surface area contributed by atoms with Gasteiger partial charge in [-0.05, 0) is 18.6 Å². The van der Waals surface area contributed by atoms with E-state index in [-0.39, 0.29) is 18.9 Å². The quantitative estimate of drug-likeness (QED) is 0.267. The van der Waals surface area contributed by atoms with E-state index in [1.807, 2.05) is 6.92 Å². The Bertz CT molecular complexity index is 84.2. The molecule has 62 valence electrons. The van der Waals surface area contributed by atoms with Gasteiger partial charge >= 0.3 is 18.9 Å². The molecule has 0 radical (unpaired) electrons. The maximum Gasteiger partial charge on any atom is 1.00 e. The summed E-state index contributed by atoms with van der Waals surface area (Å²) in [5.41, 5.74) is 0. The average Bonchev–Trinajstić information content (AvgIpc) is 1.89. The fraction of sp³-hybridized carbons (Fsp3) is 1.00. The van der Waals surface area contributed by atoms with Crippen LogP contribution in [0.2, 0.25) is 0 Å². The molecule has 0 rings (SSSR count). The van der Waals surface area contributed by atoms with Gasteiger partial charge < -0.3 is 9.84 Å². The minimum absolute atomic E-state index is 0. The second kappa shape index (κ2) is 7.18. The first-order valence-electron chi connectivity index (χ1n) is 3.96. The molecule has 0 saturated carbocycles. The molecular formula is C8H17LiO2. The van der Waals surface area contributed by atoms with E-state index in [4.69, 9.17) is 4.74 Å². The van der Waals surface area contributed by atoms with Crippen molar-refractivity contribution >= 4 is 0 Å². The largest absolute Gasteiger partial charge is 1.00 e. The van der Waals surface area contributed by atoms with Gasteiger partial charge in [-0.15, -0.1) is 0 Å². The second-order valence-electron chi connectivity index (χ2n) is 2.69. The summed E-state index contributed by atoms with van der Waals surface area (Å²) < 4.78 is 5.06. The van der Waals surface area contributed by atoms with Gasteiger partial charge in [-0.3, -0.25) is 0 Å². The predicted octanol–water partition coefficient (Wildman–Crippen LogP) is -1.71. The zero-order valence-corrected chi connectivity index (χ0v) is 8.14. The first kappa shape index (κ1) is 14.1. The van der Waals surface area contributed by atoms with Crippen molar-refractivity contribution in [1.29, 1.82) is 0 Å². The van der Waals surface area contributed by atoms with Crippen molar-refractivity contribution in [2.45, 2.75) is 45.8 Å². The molecule has 0 spiro atoms. The Kier molecular flexibility index (Phi) is 9.18. The smallest absolute Gasteiger partial charge is 0.829 e. The Labute approximate surface area is 81.5 Å². The molecule has 0 bridgehead atoms. The Morgan fingerprint density at radius 1 is 1.36 bits per heavy atom. The van der Waals surface area contributed by atoms with Crippen LogP contribution in [0.25, 0.3) is 0 Å². The fourth-order valence-electron chi connectivity index (χ4n) is 0.534. The van der Waals surface area contributed by atoms with E-state index in [0.717, 1.165) is 12.8 Å². The molecule has 11 heavy (non-hydrogen) atoms. The van der Waals surface area contributed by atoms with Gasteiger partial charge in [0.2, 0.25) is 0 Å². The van der Waals surface area contributed by atoms with Crippen molar-refractivity contribution in [3.8, 4) is 0 Å². The molecule has 0 N–H and O–H groups in total. The summed E-state index contributed by atoms with van der Waals surface area (Å²) in [4.78, 5) is 0. The molecule has 0 fully saturated rings. The Balaban J connectivity index is 0. The SMILES string of the molecule is CCCCOC(C)([O-])CC.[Li+]. The van der Waals surface area contributed by atoms with E-state index in [1.54, 1.807) is 6.92 Å². The van der Waals surface area contributed by atoms with Crippen LogP contribution in [-0.2, 0) is 4.74 Å². The number of hydrogen-bond donors (Lipinski definition) is 0. The summed E-state index contributed by atoms with van der Waals surface area (Å²) in [7, 11) is 0. The topological polar surface area (TPSA) is 32.3 Å². The average molecular weight is 152 g/mol. The minimum Gasteiger partial charge on any atom is -0.829 e. The van der Waals surface area contributed by atoms with Crippen molar-refractivity contribution in [3.05, 3.63) is 0 Å². The summed E-state index contributed by atoms with van der Waals surface area (Å²) in [6, 6.07) is 0. The van der Waals surface area contributed by atoms with Crippen LogP contribution < -0.4 is 24.0 Å². The molecule has 0 aliphatic rings. The zero-order valence-electron chi connectivity index (χ0n) is 8.14. The van der Waals surface area contributed by atoms with Crippen LogP contribution in [0.1, 0.15) is 40.0 Å². The van der Waals surface area contributed by atoms with Crippen LogP contribution in [0.5, 0.6) is 0 Å². The summed E-state index contributed by atoms with van der Waals surface area (Å²) in [5, 5.41) is 11.1. The van der Waals surface area contributed by atoms with Crippen LogP contribution in [0.15, 0.2) is 0 Å². The Morgan fingerprint density at radius 2 is 1.91 bits per heavy atom. The minimum atomic E-state index is -1.16. The van der Waals surface area contributed by atoms with Crippen LogP contribution >= 0.6 is 0 Å². The molecule has 0 saturated heterocycles. The van der Waals surface area contributed by atoms with Gasteiger partial charge in [0, 0.05) is 6.61 Å². The van der Waals surface area contributed by atoms with Crippen molar-refractivity contribution in [2.75, 3.05) is 6.61 Å².